The van der Waals surface area contributed by atoms with Crippen molar-refractivity contribution in [1.29, 1.82) is 0 Å². The van der Waals surface area contributed by atoms with Crippen molar-refractivity contribution in [2.45, 2.75) is 44.2 Å². The van der Waals surface area contributed by atoms with E-state index in [1.54, 1.807) is 39.0 Å². The molecule has 1 aromatic carbocycles. The van der Waals surface area contributed by atoms with E-state index in [1.807, 2.05) is 0 Å². The number of ether oxygens (including phenoxy) is 2. The molecule has 1 aromatic rings. The number of fused-ring (bicyclic) bond motifs is 1. The molecular formula is C16H20N2O6S. The van der Waals surface area contributed by atoms with Crippen LogP contribution in [0, 0.1) is 0 Å². The Bertz CT molecular complexity index is 823. The van der Waals surface area contributed by atoms with E-state index in [9.17, 15) is 18.0 Å². The Balaban J connectivity index is 2.05. The summed E-state index contributed by atoms with van der Waals surface area (Å²) >= 11 is 0. The van der Waals surface area contributed by atoms with Gasteiger partial charge in [-0.25, -0.2) is 18.0 Å². The van der Waals surface area contributed by atoms with Crippen molar-refractivity contribution in [3.63, 3.8) is 0 Å². The number of hydrogen-bond donors (Lipinski definition) is 1. The van der Waals surface area contributed by atoms with Gasteiger partial charge in [0, 0.05) is 5.56 Å². The van der Waals surface area contributed by atoms with Gasteiger partial charge in [0.25, 0.3) is 10.0 Å². The number of esters is 2. The first-order chi connectivity index (χ1) is 11.5. The Hall–Kier alpha value is -2.42. The summed E-state index contributed by atoms with van der Waals surface area (Å²) < 4.78 is 36.2. The molecule has 0 fully saturated rings. The smallest absolute Gasteiger partial charge is 0.344 e. The Labute approximate surface area is 146 Å². The van der Waals surface area contributed by atoms with E-state index in [2.05, 4.69) is 9.71 Å². The summed E-state index contributed by atoms with van der Waals surface area (Å²) in [5.74, 6) is -1.37. The average Bonchev–Trinajstić information content (AvgIpc) is 2.74. The largest absolute Gasteiger partial charge is 0.457 e. The highest BCUT2D eigenvalue weighted by Crippen LogP contribution is 2.22. The summed E-state index contributed by atoms with van der Waals surface area (Å²) in [6, 6.07) is 5.31. The van der Waals surface area contributed by atoms with Crippen molar-refractivity contribution in [1.82, 2.24) is 4.72 Å². The quantitative estimate of drug-likeness (QED) is 0.794. The summed E-state index contributed by atoms with van der Waals surface area (Å²) in [5.41, 5.74) is -0.296. The van der Waals surface area contributed by atoms with Crippen molar-refractivity contribution in [2.24, 2.45) is 4.99 Å². The number of carbonyl (C=O) groups is 2. The fourth-order valence-corrected chi connectivity index (χ4v) is 3.34. The molecule has 0 saturated heterocycles. The van der Waals surface area contributed by atoms with Crippen molar-refractivity contribution >= 4 is 27.8 Å². The molecule has 1 N–H and O–H groups in total. The number of amidine groups is 1. The zero-order valence-corrected chi connectivity index (χ0v) is 15.2. The van der Waals surface area contributed by atoms with E-state index < -0.39 is 40.2 Å². The maximum Gasteiger partial charge on any atom is 0.344 e. The van der Waals surface area contributed by atoms with Crippen LogP contribution >= 0.6 is 0 Å². The summed E-state index contributed by atoms with van der Waals surface area (Å²) in [6.07, 6.45) is 0. The van der Waals surface area contributed by atoms with Crippen LogP contribution in [0.2, 0.25) is 0 Å². The normalized spacial score (nSPS) is 18.2. The fourth-order valence-electron chi connectivity index (χ4n) is 2.10. The number of rotatable bonds is 4. The van der Waals surface area contributed by atoms with Crippen molar-refractivity contribution < 1.29 is 27.5 Å². The Morgan fingerprint density at radius 1 is 1.24 bits per heavy atom. The first kappa shape index (κ1) is 18.9. The molecule has 1 aliphatic heterocycles. The lowest BCUT2D eigenvalue weighted by molar-refractivity contribution is -0.166. The van der Waals surface area contributed by atoms with Gasteiger partial charge in [0.1, 0.15) is 17.5 Å². The first-order valence-corrected chi connectivity index (χ1v) is 9.06. The average molecular weight is 368 g/mol. The van der Waals surface area contributed by atoms with E-state index >= 15 is 0 Å². The van der Waals surface area contributed by atoms with Gasteiger partial charge in [-0.1, -0.05) is 12.1 Å². The highest BCUT2D eigenvalue weighted by Gasteiger charge is 2.31. The zero-order chi connectivity index (χ0) is 18.8. The SMILES string of the molecule is C[C@H](N=C1NS(=O)(=O)c2ccccc21)C(=O)OCC(=O)OC(C)(C)C. The van der Waals surface area contributed by atoms with Gasteiger partial charge >= 0.3 is 11.9 Å². The third-order valence-corrected chi connectivity index (χ3v) is 4.48. The summed E-state index contributed by atoms with van der Waals surface area (Å²) in [6.45, 7) is 6.01. The molecule has 0 bridgehead atoms. The van der Waals surface area contributed by atoms with Crippen LogP contribution in [0.5, 0.6) is 0 Å². The van der Waals surface area contributed by atoms with Gasteiger partial charge in [-0.05, 0) is 39.8 Å². The summed E-state index contributed by atoms with van der Waals surface area (Å²) in [7, 11) is -3.68. The standard InChI is InChI=1S/C16H20N2O6S/c1-10(15(20)23-9-13(19)24-16(2,3)4)17-14-11-7-5-6-8-12(11)25(21,22)18-14/h5-8,10H,9H2,1-4H3,(H,17,18)/t10-/m0/s1. The van der Waals surface area contributed by atoms with Gasteiger partial charge in [0.2, 0.25) is 0 Å². The Kier molecular flexibility index (Phi) is 5.17. The topological polar surface area (TPSA) is 111 Å². The van der Waals surface area contributed by atoms with E-state index in [-0.39, 0.29) is 10.7 Å². The molecule has 1 atom stereocenters. The van der Waals surface area contributed by atoms with Crippen LogP contribution in [0.15, 0.2) is 34.2 Å². The van der Waals surface area contributed by atoms with Crippen LogP contribution in [0.3, 0.4) is 0 Å². The molecule has 0 unspecified atom stereocenters. The van der Waals surface area contributed by atoms with Gasteiger partial charge in [0.05, 0.1) is 4.90 Å². The van der Waals surface area contributed by atoms with Crippen LogP contribution in [-0.2, 0) is 29.1 Å². The molecule has 0 spiro atoms. The molecule has 0 radical (unpaired) electrons. The molecule has 9 heteroatoms. The molecule has 2 rings (SSSR count). The molecule has 136 valence electrons. The van der Waals surface area contributed by atoms with Crippen LogP contribution in [0.1, 0.15) is 33.3 Å². The number of carbonyl (C=O) groups excluding carboxylic acids is 2. The third kappa shape index (κ3) is 4.79. The van der Waals surface area contributed by atoms with E-state index in [0.717, 1.165) is 0 Å². The maximum absolute atomic E-state index is 12.0. The number of nitrogens with zero attached hydrogens (tertiary/aromatic N) is 1. The molecule has 1 heterocycles. The minimum absolute atomic E-state index is 0.0670. The number of hydrogen-bond acceptors (Lipinski definition) is 7. The third-order valence-electron chi connectivity index (χ3n) is 3.08. The fraction of sp³-hybridized carbons (Fsp3) is 0.438. The highest BCUT2D eigenvalue weighted by atomic mass is 32.2. The predicted molar refractivity (Wildman–Crippen MR) is 89.6 cm³/mol. The van der Waals surface area contributed by atoms with Gasteiger partial charge < -0.3 is 9.47 Å². The summed E-state index contributed by atoms with van der Waals surface area (Å²) in [5, 5.41) is 0. The lowest BCUT2D eigenvalue weighted by atomic mass is 10.2. The predicted octanol–water partition coefficient (Wildman–Crippen LogP) is 0.998. The lowest BCUT2D eigenvalue weighted by Gasteiger charge is -2.19. The van der Waals surface area contributed by atoms with E-state index in [4.69, 9.17) is 9.47 Å². The second kappa shape index (κ2) is 6.83. The second-order valence-corrected chi connectivity index (χ2v) is 8.10. The van der Waals surface area contributed by atoms with E-state index in [0.29, 0.717) is 5.56 Å². The zero-order valence-electron chi connectivity index (χ0n) is 14.4. The maximum atomic E-state index is 12.0. The Morgan fingerprint density at radius 3 is 2.52 bits per heavy atom. The Morgan fingerprint density at radius 2 is 1.88 bits per heavy atom. The minimum atomic E-state index is -3.68. The van der Waals surface area contributed by atoms with Crippen LogP contribution in [0.25, 0.3) is 0 Å². The highest BCUT2D eigenvalue weighted by molar-refractivity contribution is 7.90. The molecular weight excluding hydrogens is 348 g/mol. The molecule has 0 aliphatic carbocycles. The number of sulfonamides is 1. The van der Waals surface area contributed by atoms with Gasteiger partial charge in [-0.2, -0.15) is 0 Å². The van der Waals surface area contributed by atoms with Gasteiger partial charge in [-0.3, -0.25) is 9.71 Å². The molecule has 0 aromatic heterocycles. The van der Waals surface area contributed by atoms with Crippen LogP contribution in [0.4, 0.5) is 0 Å². The summed E-state index contributed by atoms with van der Waals surface area (Å²) in [4.78, 5) is 27.7. The minimum Gasteiger partial charge on any atom is -0.457 e. The molecule has 1 aliphatic rings. The van der Waals surface area contributed by atoms with Crippen molar-refractivity contribution in [3.8, 4) is 0 Å². The first-order valence-electron chi connectivity index (χ1n) is 7.58. The molecule has 25 heavy (non-hydrogen) atoms. The van der Waals surface area contributed by atoms with Crippen LogP contribution in [-0.4, -0.2) is 44.4 Å². The molecule has 8 nitrogen and oxygen atoms in total. The number of nitrogens with one attached hydrogen (secondary N) is 1. The number of benzene rings is 1. The molecule has 0 amide bonds. The monoisotopic (exact) mass is 368 g/mol. The second-order valence-electron chi connectivity index (χ2n) is 6.45. The van der Waals surface area contributed by atoms with Crippen LogP contribution < -0.4 is 4.72 Å². The van der Waals surface area contributed by atoms with Crippen molar-refractivity contribution in [3.05, 3.63) is 29.8 Å². The molecule has 0 saturated carbocycles. The van der Waals surface area contributed by atoms with E-state index in [1.165, 1.54) is 13.0 Å². The lowest BCUT2D eigenvalue weighted by Crippen LogP contribution is -2.30. The van der Waals surface area contributed by atoms with Crippen molar-refractivity contribution in [2.75, 3.05) is 6.61 Å². The van der Waals surface area contributed by atoms with Gasteiger partial charge in [-0.15, -0.1) is 0 Å². The number of aliphatic imine (C=N–C) groups is 1. The van der Waals surface area contributed by atoms with Gasteiger partial charge in [0.15, 0.2) is 6.61 Å².